The second-order valence-corrected chi connectivity index (χ2v) is 6.99. The van der Waals surface area contributed by atoms with Gasteiger partial charge in [-0.2, -0.15) is 0 Å². The standard InChI is InChI=1S/C12H13ClN2O3S2/c1-18-12-4-8(2-3-11(12)13)15-20(16,17)10-5-9(6-14)19-7-10/h2-5,7,15H,6,14H2,1H3. The molecule has 0 saturated heterocycles. The van der Waals surface area contributed by atoms with Crippen LogP contribution in [0.3, 0.4) is 0 Å². The van der Waals surface area contributed by atoms with Crippen LogP contribution < -0.4 is 15.2 Å². The lowest BCUT2D eigenvalue weighted by atomic mass is 10.3. The molecule has 5 nitrogen and oxygen atoms in total. The molecule has 0 bridgehead atoms. The third kappa shape index (κ3) is 3.24. The summed E-state index contributed by atoms with van der Waals surface area (Å²) < 4.78 is 31.9. The maximum Gasteiger partial charge on any atom is 0.262 e. The molecule has 8 heteroatoms. The normalized spacial score (nSPS) is 11.3. The number of thiophene rings is 1. The summed E-state index contributed by atoms with van der Waals surface area (Å²) in [5, 5.41) is 1.97. The fourth-order valence-electron chi connectivity index (χ4n) is 1.55. The van der Waals surface area contributed by atoms with Crippen molar-refractivity contribution < 1.29 is 13.2 Å². The minimum atomic E-state index is -3.63. The van der Waals surface area contributed by atoms with Gasteiger partial charge in [0.05, 0.1) is 22.7 Å². The highest BCUT2D eigenvalue weighted by Crippen LogP contribution is 2.29. The van der Waals surface area contributed by atoms with Gasteiger partial charge < -0.3 is 10.5 Å². The fourth-order valence-corrected chi connectivity index (χ4v) is 3.95. The molecule has 0 unspecified atom stereocenters. The quantitative estimate of drug-likeness (QED) is 0.882. The molecule has 2 aromatic rings. The molecule has 108 valence electrons. The lowest BCUT2D eigenvalue weighted by Gasteiger charge is -2.09. The minimum Gasteiger partial charge on any atom is -0.495 e. The molecule has 1 aromatic heterocycles. The first-order chi connectivity index (χ1) is 9.46. The lowest BCUT2D eigenvalue weighted by molar-refractivity contribution is 0.415. The van der Waals surface area contributed by atoms with E-state index < -0.39 is 10.0 Å². The van der Waals surface area contributed by atoms with Gasteiger partial charge in [0.15, 0.2) is 0 Å². The maximum absolute atomic E-state index is 12.2. The van der Waals surface area contributed by atoms with Gasteiger partial charge in [-0.3, -0.25) is 4.72 Å². The van der Waals surface area contributed by atoms with E-state index in [1.165, 1.54) is 24.5 Å². The van der Waals surface area contributed by atoms with E-state index in [2.05, 4.69) is 4.72 Å². The van der Waals surface area contributed by atoms with Gasteiger partial charge in [-0.1, -0.05) is 11.6 Å². The van der Waals surface area contributed by atoms with Gasteiger partial charge in [-0.15, -0.1) is 11.3 Å². The Hall–Kier alpha value is -1.28. The Morgan fingerprint density at radius 3 is 2.75 bits per heavy atom. The van der Waals surface area contributed by atoms with Gasteiger partial charge in [0.2, 0.25) is 0 Å². The molecule has 0 spiro atoms. The number of benzene rings is 1. The first kappa shape index (κ1) is 15.1. The number of rotatable bonds is 5. The molecule has 1 heterocycles. The van der Waals surface area contributed by atoms with E-state index in [0.717, 1.165) is 4.88 Å². The van der Waals surface area contributed by atoms with Crippen molar-refractivity contribution in [3.63, 3.8) is 0 Å². The molecule has 0 saturated carbocycles. The average Bonchev–Trinajstić information content (AvgIpc) is 2.90. The third-order valence-corrected chi connectivity index (χ3v) is 5.33. The first-order valence-electron chi connectivity index (χ1n) is 5.60. The molecule has 0 atom stereocenters. The molecule has 20 heavy (non-hydrogen) atoms. The largest absolute Gasteiger partial charge is 0.495 e. The zero-order valence-electron chi connectivity index (χ0n) is 10.6. The van der Waals surface area contributed by atoms with Crippen LogP contribution >= 0.6 is 22.9 Å². The van der Waals surface area contributed by atoms with E-state index in [1.807, 2.05) is 0 Å². The van der Waals surface area contributed by atoms with Crippen LogP contribution in [0.4, 0.5) is 5.69 Å². The molecule has 0 fully saturated rings. The second kappa shape index (κ2) is 6.01. The van der Waals surface area contributed by atoms with Crippen LogP contribution in [-0.4, -0.2) is 15.5 Å². The molecule has 0 amide bonds. The number of nitrogens with two attached hydrogens (primary N) is 1. The van der Waals surface area contributed by atoms with Crippen LogP contribution in [0.25, 0.3) is 0 Å². The van der Waals surface area contributed by atoms with Crippen molar-refractivity contribution in [3.8, 4) is 5.75 Å². The molecular formula is C12H13ClN2O3S2. The minimum absolute atomic E-state index is 0.192. The number of nitrogens with one attached hydrogen (secondary N) is 1. The fraction of sp³-hybridized carbons (Fsp3) is 0.167. The molecule has 0 radical (unpaired) electrons. The molecular weight excluding hydrogens is 320 g/mol. The number of hydrogen-bond donors (Lipinski definition) is 2. The molecule has 2 rings (SSSR count). The van der Waals surface area contributed by atoms with Gasteiger partial charge >= 0.3 is 0 Å². The first-order valence-corrected chi connectivity index (χ1v) is 8.34. The summed E-state index contributed by atoms with van der Waals surface area (Å²) in [6.45, 7) is 0.314. The number of sulfonamides is 1. The van der Waals surface area contributed by atoms with Crippen molar-refractivity contribution in [2.24, 2.45) is 5.73 Å². The van der Waals surface area contributed by atoms with Gasteiger partial charge in [-0.25, -0.2) is 8.42 Å². The van der Waals surface area contributed by atoms with E-state index in [9.17, 15) is 8.42 Å². The zero-order chi connectivity index (χ0) is 14.8. The Morgan fingerprint density at radius 1 is 1.40 bits per heavy atom. The predicted octanol–water partition coefficient (Wildman–Crippen LogP) is 2.67. The van der Waals surface area contributed by atoms with Crippen LogP contribution in [0.15, 0.2) is 34.5 Å². The SMILES string of the molecule is COc1cc(NS(=O)(=O)c2csc(CN)c2)ccc1Cl. The Labute approximate surface area is 126 Å². The van der Waals surface area contributed by atoms with Crippen LogP contribution in [0.2, 0.25) is 5.02 Å². The summed E-state index contributed by atoms with van der Waals surface area (Å²) in [5.74, 6) is 0.403. The zero-order valence-corrected chi connectivity index (χ0v) is 13.0. The second-order valence-electron chi connectivity index (χ2n) is 3.91. The number of methoxy groups -OCH3 is 1. The summed E-state index contributed by atoms with van der Waals surface area (Å²) in [4.78, 5) is 0.996. The highest BCUT2D eigenvalue weighted by atomic mass is 35.5. The Kier molecular flexibility index (Phi) is 4.54. The van der Waals surface area contributed by atoms with Crippen LogP contribution in [0.1, 0.15) is 4.88 Å². The number of ether oxygens (including phenoxy) is 1. The maximum atomic E-state index is 12.2. The summed E-state index contributed by atoms with van der Waals surface area (Å²) in [6, 6.07) is 6.21. The van der Waals surface area contributed by atoms with E-state index in [4.69, 9.17) is 22.1 Å². The van der Waals surface area contributed by atoms with Crippen molar-refractivity contribution in [3.05, 3.63) is 39.5 Å². The monoisotopic (exact) mass is 332 g/mol. The van der Waals surface area contributed by atoms with Crippen LogP contribution in [0.5, 0.6) is 5.75 Å². The van der Waals surface area contributed by atoms with Crippen LogP contribution in [-0.2, 0) is 16.6 Å². The summed E-state index contributed by atoms with van der Waals surface area (Å²) in [5.41, 5.74) is 5.86. The Morgan fingerprint density at radius 2 is 2.15 bits per heavy atom. The van der Waals surface area contributed by atoms with E-state index in [0.29, 0.717) is 23.0 Å². The van der Waals surface area contributed by atoms with E-state index >= 15 is 0 Å². The van der Waals surface area contributed by atoms with E-state index in [1.54, 1.807) is 23.6 Å². The number of anilines is 1. The summed E-state index contributed by atoms with van der Waals surface area (Å²) in [7, 11) is -2.17. The van der Waals surface area contributed by atoms with Crippen molar-refractivity contribution in [1.29, 1.82) is 0 Å². The summed E-state index contributed by atoms with van der Waals surface area (Å²) in [6.07, 6.45) is 0. The molecule has 1 aromatic carbocycles. The average molecular weight is 333 g/mol. The molecule has 0 aliphatic carbocycles. The van der Waals surface area contributed by atoms with Gasteiger partial charge in [0.1, 0.15) is 5.75 Å². The van der Waals surface area contributed by atoms with E-state index in [-0.39, 0.29) is 4.90 Å². The lowest BCUT2D eigenvalue weighted by Crippen LogP contribution is -2.12. The Bertz CT molecular complexity index is 713. The number of halogens is 1. The Balaban J connectivity index is 2.28. The van der Waals surface area contributed by atoms with Crippen molar-refractivity contribution in [1.82, 2.24) is 0 Å². The topological polar surface area (TPSA) is 81.4 Å². The smallest absolute Gasteiger partial charge is 0.262 e. The molecule has 0 aliphatic heterocycles. The third-order valence-electron chi connectivity index (χ3n) is 2.54. The van der Waals surface area contributed by atoms with Crippen molar-refractivity contribution >= 4 is 38.6 Å². The summed E-state index contributed by atoms with van der Waals surface area (Å²) >= 11 is 7.20. The van der Waals surface area contributed by atoms with Gasteiger partial charge in [0, 0.05) is 22.9 Å². The van der Waals surface area contributed by atoms with Crippen molar-refractivity contribution in [2.45, 2.75) is 11.4 Å². The highest BCUT2D eigenvalue weighted by molar-refractivity contribution is 7.92. The van der Waals surface area contributed by atoms with Crippen molar-refractivity contribution in [2.75, 3.05) is 11.8 Å². The predicted molar refractivity (Wildman–Crippen MR) is 81.0 cm³/mol. The highest BCUT2D eigenvalue weighted by Gasteiger charge is 2.16. The number of hydrogen-bond acceptors (Lipinski definition) is 5. The van der Waals surface area contributed by atoms with Gasteiger partial charge in [0.25, 0.3) is 10.0 Å². The molecule has 3 N–H and O–H groups in total. The van der Waals surface area contributed by atoms with Crippen LogP contribution in [0, 0.1) is 0 Å². The molecule has 0 aliphatic rings. The van der Waals surface area contributed by atoms with Gasteiger partial charge in [-0.05, 0) is 18.2 Å².